The number of hydrogen-bond acceptors (Lipinski definition) is 4. The van der Waals surface area contributed by atoms with E-state index < -0.39 is 17.9 Å². The Hall–Kier alpha value is -1.36. The molecule has 0 rings (SSSR count). The maximum Gasteiger partial charge on any atom is 0.331 e. The van der Waals surface area contributed by atoms with Gasteiger partial charge >= 0.3 is 11.9 Å². The maximum absolute atomic E-state index is 11.6. The molecule has 0 radical (unpaired) electrons. The molecule has 0 spiro atoms. The van der Waals surface area contributed by atoms with Crippen molar-refractivity contribution in [3.8, 4) is 0 Å². The minimum Gasteiger partial charge on any atom is -0.478 e. The molecule has 0 amide bonds. The molecule has 0 fully saturated rings. The fourth-order valence-electron chi connectivity index (χ4n) is 1.61. The molecule has 0 aromatic rings. The molecular formula is C13H22O5. The lowest BCUT2D eigenvalue weighted by atomic mass is 9.93. The van der Waals surface area contributed by atoms with Gasteiger partial charge in [-0.2, -0.15) is 0 Å². The third kappa shape index (κ3) is 6.39. The highest BCUT2D eigenvalue weighted by molar-refractivity contribution is 5.93. The largest absolute Gasteiger partial charge is 0.478 e. The maximum atomic E-state index is 11.6. The Morgan fingerprint density at radius 1 is 1.28 bits per heavy atom. The van der Waals surface area contributed by atoms with Crippen LogP contribution in [0.25, 0.3) is 0 Å². The number of ether oxygens (including phenoxy) is 1. The van der Waals surface area contributed by atoms with Crippen LogP contribution in [0.1, 0.15) is 39.5 Å². The molecule has 0 aromatic carbocycles. The number of carbonyl (C=O) groups is 2. The molecule has 0 bridgehead atoms. The van der Waals surface area contributed by atoms with E-state index in [1.807, 2.05) is 0 Å². The van der Waals surface area contributed by atoms with E-state index in [1.54, 1.807) is 13.8 Å². The van der Waals surface area contributed by atoms with E-state index in [9.17, 15) is 9.59 Å². The van der Waals surface area contributed by atoms with Crippen molar-refractivity contribution in [2.24, 2.45) is 5.92 Å². The summed E-state index contributed by atoms with van der Waals surface area (Å²) in [5.74, 6) is -2.51. The molecule has 5 heteroatoms. The van der Waals surface area contributed by atoms with Crippen LogP contribution in [0.15, 0.2) is 12.2 Å². The Balaban J connectivity index is 4.35. The van der Waals surface area contributed by atoms with Gasteiger partial charge in [0, 0.05) is 5.57 Å². The second kappa shape index (κ2) is 8.69. The van der Waals surface area contributed by atoms with Crippen LogP contribution in [-0.4, -0.2) is 34.9 Å². The number of aliphatic hydroxyl groups excluding tert-OH is 1. The van der Waals surface area contributed by atoms with Gasteiger partial charge in [-0.1, -0.05) is 19.4 Å². The SMILES string of the molecule is C=C(C(=O)O)[C@@H](CCCC[C@@H](C)O)C(=O)OCC. The zero-order valence-corrected chi connectivity index (χ0v) is 11.0. The molecule has 2 atom stereocenters. The standard InChI is InChI=1S/C13H22O5/c1-4-18-13(17)11(10(3)12(15)16)8-6-5-7-9(2)14/h9,11,14H,3-8H2,1-2H3,(H,15,16)/t9-,11-/m1/s1. The first kappa shape index (κ1) is 16.6. The molecule has 0 heterocycles. The monoisotopic (exact) mass is 258 g/mol. The van der Waals surface area contributed by atoms with Gasteiger partial charge in [-0.25, -0.2) is 4.79 Å². The average molecular weight is 258 g/mol. The fourth-order valence-corrected chi connectivity index (χ4v) is 1.61. The third-order valence-corrected chi connectivity index (χ3v) is 2.63. The molecular weight excluding hydrogens is 236 g/mol. The van der Waals surface area contributed by atoms with Gasteiger partial charge in [0.25, 0.3) is 0 Å². The number of hydrogen-bond donors (Lipinski definition) is 2. The predicted molar refractivity (Wildman–Crippen MR) is 67.0 cm³/mol. The van der Waals surface area contributed by atoms with E-state index in [2.05, 4.69) is 6.58 Å². The molecule has 18 heavy (non-hydrogen) atoms. The van der Waals surface area contributed by atoms with Gasteiger partial charge in [-0.15, -0.1) is 0 Å². The summed E-state index contributed by atoms with van der Waals surface area (Å²) in [7, 11) is 0. The van der Waals surface area contributed by atoms with Crippen molar-refractivity contribution in [3.05, 3.63) is 12.2 Å². The van der Waals surface area contributed by atoms with Crippen molar-refractivity contribution >= 4 is 11.9 Å². The number of aliphatic hydroxyl groups is 1. The van der Waals surface area contributed by atoms with Gasteiger partial charge in [-0.05, 0) is 26.7 Å². The highest BCUT2D eigenvalue weighted by Gasteiger charge is 2.26. The van der Waals surface area contributed by atoms with Crippen molar-refractivity contribution in [2.45, 2.75) is 45.6 Å². The molecule has 5 nitrogen and oxygen atoms in total. The number of rotatable bonds is 9. The third-order valence-electron chi connectivity index (χ3n) is 2.63. The Labute approximate surface area is 107 Å². The molecule has 0 saturated heterocycles. The van der Waals surface area contributed by atoms with Crippen molar-refractivity contribution in [2.75, 3.05) is 6.61 Å². The van der Waals surface area contributed by atoms with E-state index in [0.717, 1.165) is 6.42 Å². The van der Waals surface area contributed by atoms with Gasteiger partial charge in [0.2, 0.25) is 0 Å². The molecule has 2 N–H and O–H groups in total. The van der Waals surface area contributed by atoms with Crippen molar-refractivity contribution < 1.29 is 24.5 Å². The minimum atomic E-state index is -1.18. The van der Waals surface area contributed by atoms with Crippen LogP contribution >= 0.6 is 0 Å². The van der Waals surface area contributed by atoms with Crippen LogP contribution in [0.2, 0.25) is 0 Å². The van der Waals surface area contributed by atoms with Gasteiger partial charge < -0.3 is 14.9 Å². The zero-order valence-electron chi connectivity index (χ0n) is 11.0. The molecule has 0 saturated carbocycles. The Kier molecular flexibility index (Phi) is 8.03. The lowest BCUT2D eigenvalue weighted by Gasteiger charge is -2.15. The Morgan fingerprint density at radius 2 is 1.83 bits per heavy atom. The Bertz CT molecular complexity index is 296. The summed E-state index contributed by atoms with van der Waals surface area (Å²) in [5, 5.41) is 18.0. The van der Waals surface area contributed by atoms with Gasteiger partial charge in [-0.3, -0.25) is 4.79 Å². The highest BCUT2D eigenvalue weighted by atomic mass is 16.5. The summed E-state index contributed by atoms with van der Waals surface area (Å²) in [5.41, 5.74) is -0.134. The summed E-state index contributed by atoms with van der Waals surface area (Å²) in [4.78, 5) is 22.5. The van der Waals surface area contributed by atoms with Crippen molar-refractivity contribution in [1.29, 1.82) is 0 Å². The number of esters is 1. The second-order valence-corrected chi connectivity index (χ2v) is 4.27. The number of aliphatic carboxylic acids is 1. The van der Waals surface area contributed by atoms with E-state index in [0.29, 0.717) is 19.3 Å². The second-order valence-electron chi connectivity index (χ2n) is 4.27. The fraction of sp³-hybridized carbons (Fsp3) is 0.692. The quantitative estimate of drug-likeness (QED) is 0.374. The van der Waals surface area contributed by atoms with E-state index in [4.69, 9.17) is 14.9 Å². The van der Waals surface area contributed by atoms with Gasteiger partial charge in [0.05, 0.1) is 18.6 Å². The zero-order chi connectivity index (χ0) is 14.1. The number of carboxylic acid groups (broad SMARTS) is 1. The Morgan fingerprint density at radius 3 is 2.28 bits per heavy atom. The summed E-state index contributed by atoms with van der Waals surface area (Å²) in [6, 6.07) is 0. The van der Waals surface area contributed by atoms with Crippen molar-refractivity contribution in [1.82, 2.24) is 0 Å². The first-order valence-electron chi connectivity index (χ1n) is 6.16. The number of unbranched alkanes of at least 4 members (excludes halogenated alkanes) is 1. The van der Waals surface area contributed by atoms with Crippen LogP contribution in [0.5, 0.6) is 0 Å². The minimum absolute atomic E-state index is 0.134. The summed E-state index contributed by atoms with van der Waals surface area (Å²) >= 11 is 0. The summed E-state index contributed by atoms with van der Waals surface area (Å²) in [6.07, 6.45) is 2.03. The van der Waals surface area contributed by atoms with E-state index in [-0.39, 0.29) is 18.3 Å². The lowest BCUT2D eigenvalue weighted by Crippen LogP contribution is -2.23. The number of carboxylic acids is 1. The van der Waals surface area contributed by atoms with Crippen LogP contribution < -0.4 is 0 Å². The first-order chi connectivity index (χ1) is 8.40. The highest BCUT2D eigenvalue weighted by Crippen LogP contribution is 2.20. The topological polar surface area (TPSA) is 83.8 Å². The molecule has 104 valence electrons. The summed E-state index contributed by atoms with van der Waals surface area (Å²) in [6.45, 7) is 7.01. The normalized spacial score (nSPS) is 13.7. The van der Waals surface area contributed by atoms with Gasteiger partial charge in [0.15, 0.2) is 0 Å². The molecule has 0 aromatic heterocycles. The molecule has 0 aliphatic rings. The predicted octanol–water partition coefficient (Wildman–Crippen LogP) is 1.75. The first-order valence-corrected chi connectivity index (χ1v) is 6.16. The lowest BCUT2D eigenvalue weighted by molar-refractivity contribution is -0.149. The smallest absolute Gasteiger partial charge is 0.331 e. The van der Waals surface area contributed by atoms with E-state index in [1.165, 1.54) is 0 Å². The van der Waals surface area contributed by atoms with Gasteiger partial charge in [0.1, 0.15) is 0 Å². The van der Waals surface area contributed by atoms with Crippen LogP contribution in [-0.2, 0) is 14.3 Å². The molecule has 0 aliphatic carbocycles. The average Bonchev–Trinajstić information content (AvgIpc) is 2.28. The summed E-state index contributed by atoms with van der Waals surface area (Å²) < 4.78 is 4.84. The molecule has 0 unspecified atom stereocenters. The van der Waals surface area contributed by atoms with Crippen LogP contribution in [0.3, 0.4) is 0 Å². The van der Waals surface area contributed by atoms with Crippen LogP contribution in [0, 0.1) is 5.92 Å². The van der Waals surface area contributed by atoms with Crippen molar-refractivity contribution in [3.63, 3.8) is 0 Å². The number of carbonyl (C=O) groups excluding carboxylic acids is 1. The van der Waals surface area contributed by atoms with Crippen LogP contribution in [0.4, 0.5) is 0 Å². The molecule has 0 aliphatic heterocycles. The van der Waals surface area contributed by atoms with E-state index >= 15 is 0 Å².